The maximum absolute atomic E-state index is 5.33. The van der Waals surface area contributed by atoms with Gasteiger partial charge in [0.2, 0.25) is 5.65 Å². The molecule has 8 heteroatoms. The fourth-order valence-corrected chi connectivity index (χ4v) is 10.5. The average molecular weight is 891 g/mol. The van der Waals surface area contributed by atoms with Crippen molar-refractivity contribution in [2.24, 2.45) is 0 Å². The van der Waals surface area contributed by atoms with Gasteiger partial charge in [-0.25, -0.2) is 4.98 Å². The second-order valence-electron chi connectivity index (χ2n) is 23.2. The van der Waals surface area contributed by atoms with Crippen molar-refractivity contribution in [3.8, 4) is 17.2 Å². The van der Waals surface area contributed by atoms with Crippen LogP contribution in [0, 0.1) is 0 Å². The lowest BCUT2D eigenvalue weighted by molar-refractivity contribution is 0.590. The van der Waals surface area contributed by atoms with Gasteiger partial charge in [-0.1, -0.05) is 119 Å². The van der Waals surface area contributed by atoms with Crippen LogP contribution in [-0.4, -0.2) is 38.7 Å². The molecule has 12 rings (SSSR count). The first-order valence-corrected chi connectivity index (χ1v) is 24.0. The number of hydrogen-bond acceptors (Lipinski definition) is 4. The van der Waals surface area contributed by atoms with Gasteiger partial charge in [0.25, 0.3) is 0 Å². The van der Waals surface area contributed by atoms with Gasteiger partial charge in [0.05, 0.1) is 44.1 Å². The van der Waals surface area contributed by atoms with E-state index in [2.05, 4.69) is 222 Å². The molecule has 8 nitrogen and oxygen atoms in total. The summed E-state index contributed by atoms with van der Waals surface area (Å²) in [4.78, 5) is 5.33. The van der Waals surface area contributed by atoms with Crippen molar-refractivity contribution in [3.05, 3.63) is 156 Å². The van der Waals surface area contributed by atoms with Crippen LogP contribution in [0.5, 0.6) is 0 Å². The minimum absolute atomic E-state index is 0.00489. The van der Waals surface area contributed by atoms with Crippen molar-refractivity contribution in [3.63, 3.8) is 0 Å². The molecule has 338 valence electrons. The topological polar surface area (TPSA) is 70.8 Å². The second-order valence-corrected chi connectivity index (χ2v) is 23.2. The summed E-state index contributed by atoms with van der Waals surface area (Å²) in [7, 11) is 0. The third-order valence-electron chi connectivity index (χ3n) is 14.5. The van der Waals surface area contributed by atoms with Crippen LogP contribution in [0.4, 0.5) is 0 Å². The van der Waals surface area contributed by atoms with E-state index in [1.807, 2.05) is 28.8 Å². The molecule has 0 saturated carbocycles. The molecule has 12 aromatic rings. The van der Waals surface area contributed by atoms with Crippen LogP contribution in [0.15, 0.2) is 133 Å². The Morgan fingerprint density at radius 3 is 1.10 bits per heavy atom. The maximum Gasteiger partial charge on any atom is 0.223 e. The van der Waals surface area contributed by atoms with E-state index in [0.717, 1.165) is 44.2 Å². The van der Waals surface area contributed by atoms with Gasteiger partial charge in [-0.2, -0.15) is 4.52 Å². The van der Waals surface area contributed by atoms with Crippen molar-refractivity contribution in [2.75, 3.05) is 0 Å². The lowest BCUT2D eigenvalue weighted by Gasteiger charge is -2.19. The van der Waals surface area contributed by atoms with Gasteiger partial charge >= 0.3 is 0 Å². The number of aromatic nitrogens is 8. The maximum atomic E-state index is 5.33. The van der Waals surface area contributed by atoms with Crippen LogP contribution in [0.1, 0.15) is 105 Å². The van der Waals surface area contributed by atoms with E-state index in [-0.39, 0.29) is 21.7 Å². The smallest absolute Gasteiger partial charge is 0.223 e. The molecule has 5 aromatic heterocycles. The molecule has 0 saturated heterocycles. The zero-order valence-corrected chi connectivity index (χ0v) is 41.3. The lowest BCUT2D eigenvalue weighted by Crippen LogP contribution is -2.10. The molecule has 7 aromatic carbocycles. The van der Waals surface area contributed by atoms with E-state index < -0.39 is 0 Å². The monoisotopic (exact) mass is 890 g/mol. The highest BCUT2D eigenvalue weighted by atomic mass is 15.5. The van der Waals surface area contributed by atoms with Gasteiger partial charge in [0, 0.05) is 43.7 Å². The molecule has 0 fully saturated rings. The Morgan fingerprint density at radius 2 is 0.706 bits per heavy atom. The fraction of sp³-hybridized carbons (Fsp3) is 0.267. The molecule has 0 amide bonds. The Kier molecular flexibility index (Phi) is 8.73. The molecular formula is C60H58N8. The number of fused-ring (bicyclic) bond motifs is 12. The van der Waals surface area contributed by atoms with E-state index in [1.165, 1.54) is 65.9 Å². The van der Waals surface area contributed by atoms with Crippen LogP contribution in [-0.2, 0) is 21.7 Å². The van der Waals surface area contributed by atoms with Crippen LogP contribution >= 0.6 is 0 Å². The van der Waals surface area contributed by atoms with Gasteiger partial charge in [0.1, 0.15) is 0 Å². The van der Waals surface area contributed by atoms with Gasteiger partial charge < -0.3 is 9.13 Å². The van der Waals surface area contributed by atoms with Crippen molar-refractivity contribution >= 4 is 82.1 Å². The highest BCUT2D eigenvalue weighted by Crippen LogP contribution is 2.43. The van der Waals surface area contributed by atoms with Crippen LogP contribution in [0.3, 0.4) is 0 Å². The molecule has 5 heterocycles. The summed E-state index contributed by atoms with van der Waals surface area (Å²) in [5.41, 5.74) is 16.5. The summed E-state index contributed by atoms with van der Waals surface area (Å²) in [6.07, 6.45) is 0. The highest BCUT2D eigenvalue weighted by molar-refractivity contribution is 6.14. The molecule has 0 bridgehead atoms. The molecular weight excluding hydrogens is 833 g/mol. The van der Waals surface area contributed by atoms with E-state index >= 15 is 0 Å². The molecule has 0 unspecified atom stereocenters. The Labute approximate surface area is 396 Å². The van der Waals surface area contributed by atoms with Crippen LogP contribution in [0.25, 0.3) is 99.3 Å². The zero-order valence-electron chi connectivity index (χ0n) is 41.3. The van der Waals surface area contributed by atoms with E-state index in [1.54, 1.807) is 0 Å². The Balaban J connectivity index is 1.17. The third-order valence-corrected chi connectivity index (χ3v) is 14.5. The largest absolute Gasteiger partial charge is 0.309 e. The summed E-state index contributed by atoms with van der Waals surface area (Å²) in [6.45, 7) is 27.6. The van der Waals surface area contributed by atoms with Gasteiger partial charge in [-0.15, -0.1) is 5.10 Å². The minimum Gasteiger partial charge on any atom is -0.309 e. The Bertz CT molecular complexity index is 3720. The number of benzene rings is 7. The summed E-state index contributed by atoms with van der Waals surface area (Å²) in [5.74, 6) is 0.678. The molecule has 0 aliphatic rings. The normalized spacial score (nSPS) is 13.3. The molecule has 0 aliphatic heterocycles. The predicted molar refractivity (Wildman–Crippen MR) is 284 cm³/mol. The molecule has 0 atom stereocenters. The SMILES string of the molecule is CC(C)(C)c1ccc2c(c1)c1cc(C(C)(C)C)ccc1n2-c1ccc2c(c1)c1cc(-n3c4ccc(C(C)(C)C)cc4c4cc(C(C)(C)C)ccc43)ccc1n2-c1nc2ccccc2n2nnnc12. The van der Waals surface area contributed by atoms with Crippen molar-refractivity contribution < 1.29 is 0 Å². The Hall–Kier alpha value is -7.32. The first-order valence-electron chi connectivity index (χ1n) is 24.0. The number of nitrogens with zero attached hydrogens (tertiary/aromatic N) is 8. The van der Waals surface area contributed by atoms with Crippen LogP contribution < -0.4 is 0 Å². The first-order chi connectivity index (χ1) is 32.2. The molecule has 68 heavy (non-hydrogen) atoms. The van der Waals surface area contributed by atoms with E-state index in [4.69, 9.17) is 4.98 Å². The van der Waals surface area contributed by atoms with Gasteiger partial charge in [-0.05, 0) is 151 Å². The molecule has 0 aliphatic carbocycles. The first kappa shape index (κ1) is 42.1. The van der Waals surface area contributed by atoms with Gasteiger partial charge in [-0.3, -0.25) is 4.57 Å². The zero-order chi connectivity index (χ0) is 47.4. The van der Waals surface area contributed by atoms with Gasteiger partial charge in [0.15, 0.2) is 5.82 Å². The Morgan fingerprint density at radius 1 is 0.353 bits per heavy atom. The predicted octanol–water partition coefficient (Wildman–Crippen LogP) is 15.2. The number of para-hydroxylation sites is 2. The number of hydrogen-bond donors (Lipinski definition) is 0. The molecule has 0 N–H and O–H groups in total. The summed E-state index contributed by atoms with van der Waals surface area (Å²) in [5, 5.41) is 20.5. The number of tetrazole rings is 1. The lowest BCUT2D eigenvalue weighted by atomic mass is 9.85. The standard InChI is InChI=1S/C60H58N8/c1-57(2,3)35-17-23-48-41(29-35)42-30-36(58(4,5)6)18-24-49(42)65(48)39-21-27-52-45(33-39)46-34-40(22-28-53(46)67(52)55-56-62-63-64-68(56)54-16-14-13-15-47(54)61-55)66-50-25-19-37(59(7,8)9)31-43(50)44-32-38(60(10,11)12)20-26-51(44)66/h13-34H,1-12H3. The van der Waals surface area contributed by atoms with Crippen molar-refractivity contribution in [2.45, 2.75) is 105 Å². The van der Waals surface area contributed by atoms with Crippen LogP contribution in [0.2, 0.25) is 0 Å². The van der Waals surface area contributed by atoms with E-state index in [0.29, 0.717) is 11.5 Å². The third kappa shape index (κ3) is 6.33. The molecule has 0 spiro atoms. The fourth-order valence-electron chi connectivity index (χ4n) is 10.5. The van der Waals surface area contributed by atoms with E-state index in [9.17, 15) is 0 Å². The van der Waals surface area contributed by atoms with Crippen molar-refractivity contribution in [1.82, 2.24) is 38.7 Å². The second kappa shape index (κ2) is 14.1. The molecule has 0 radical (unpaired) electrons. The summed E-state index contributed by atoms with van der Waals surface area (Å²) < 4.78 is 8.98. The minimum atomic E-state index is 0.00489. The highest BCUT2D eigenvalue weighted by Gasteiger charge is 2.26. The number of rotatable bonds is 3. The quantitative estimate of drug-likeness (QED) is 0.177. The van der Waals surface area contributed by atoms with Crippen molar-refractivity contribution in [1.29, 1.82) is 0 Å². The summed E-state index contributed by atoms with van der Waals surface area (Å²) in [6, 6.07) is 50.1. The summed E-state index contributed by atoms with van der Waals surface area (Å²) >= 11 is 0. The average Bonchev–Trinajstić information content (AvgIpc) is 4.07.